The number of H-pyrrole nitrogens is 1. The standard InChI is InChI=1S/C15H19N3O2S.ClH/c1-19-13-2-3-14-10(7-13)6-12(9-20-14)18-11(4-5-16)8-17-15(18)21;/h2-3,7-8,12H,4-6,9,16H2,1H3,(H,17,21);1H. The van der Waals surface area contributed by atoms with Gasteiger partial charge in [0.25, 0.3) is 0 Å². The number of fused-ring (bicyclic) bond motifs is 1. The summed E-state index contributed by atoms with van der Waals surface area (Å²) in [5, 5.41) is 0. The summed E-state index contributed by atoms with van der Waals surface area (Å²) in [5.41, 5.74) is 7.95. The lowest BCUT2D eigenvalue weighted by molar-refractivity contribution is 0.220. The minimum absolute atomic E-state index is 0. The number of aromatic amines is 1. The summed E-state index contributed by atoms with van der Waals surface area (Å²) in [6, 6.07) is 6.09. The van der Waals surface area contributed by atoms with Gasteiger partial charge in [-0.25, -0.2) is 0 Å². The third-order valence-corrected chi connectivity index (χ3v) is 4.13. The van der Waals surface area contributed by atoms with Crippen LogP contribution in [0.5, 0.6) is 11.5 Å². The molecule has 1 aromatic heterocycles. The van der Waals surface area contributed by atoms with Crippen LogP contribution in [0.15, 0.2) is 24.4 Å². The van der Waals surface area contributed by atoms with Gasteiger partial charge in [0, 0.05) is 24.7 Å². The Morgan fingerprint density at radius 1 is 1.50 bits per heavy atom. The summed E-state index contributed by atoms with van der Waals surface area (Å²) < 4.78 is 14.0. The Hall–Kier alpha value is -1.50. The number of benzene rings is 1. The molecule has 0 saturated carbocycles. The molecule has 1 aliphatic heterocycles. The van der Waals surface area contributed by atoms with Crippen LogP contribution in [0.2, 0.25) is 0 Å². The zero-order chi connectivity index (χ0) is 14.8. The first-order chi connectivity index (χ1) is 10.2. The van der Waals surface area contributed by atoms with Crippen molar-refractivity contribution in [2.45, 2.75) is 18.9 Å². The van der Waals surface area contributed by atoms with Crippen LogP contribution in [0, 0.1) is 4.77 Å². The summed E-state index contributed by atoms with van der Waals surface area (Å²) in [7, 11) is 1.67. The van der Waals surface area contributed by atoms with Gasteiger partial charge < -0.3 is 24.8 Å². The Kier molecular flexibility index (Phi) is 5.50. The molecule has 0 radical (unpaired) electrons. The lowest BCUT2D eigenvalue weighted by Crippen LogP contribution is -2.26. The van der Waals surface area contributed by atoms with Crippen LogP contribution in [0.1, 0.15) is 17.3 Å². The first-order valence-corrected chi connectivity index (χ1v) is 7.42. The average Bonchev–Trinajstić information content (AvgIpc) is 2.87. The number of imidazole rings is 1. The lowest BCUT2D eigenvalue weighted by atomic mass is 10.0. The molecule has 7 heteroatoms. The van der Waals surface area contributed by atoms with E-state index in [-0.39, 0.29) is 18.4 Å². The molecule has 0 bridgehead atoms. The fourth-order valence-corrected chi connectivity index (χ4v) is 3.13. The van der Waals surface area contributed by atoms with Crippen LogP contribution in [-0.2, 0) is 12.8 Å². The van der Waals surface area contributed by atoms with Crippen molar-refractivity contribution in [2.24, 2.45) is 5.73 Å². The molecule has 120 valence electrons. The van der Waals surface area contributed by atoms with Gasteiger partial charge in [-0.2, -0.15) is 0 Å². The first-order valence-electron chi connectivity index (χ1n) is 7.01. The summed E-state index contributed by atoms with van der Waals surface area (Å²) in [6.45, 7) is 1.22. The number of ether oxygens (including phenoxy) is 2. The predicted octanol–water partition coefficient (Wildman–Crippen LogP) is 2.65. The lowest BCUT2D eigenvalue weighted by Gasteiger charge is -2.28. The first kappa shape index (κ1) is 16.9. The molecular weight excluding hydrogens is 322 g/mol. The van der Waals surface area contributed by atoms with Crippen molar-refractivity contribution in [2.75, 3.05) is 20.3 Å². The second-order valence-corrected chi connectivity index (χ2v) is 5.52. The molecule has 5 nitrogen and oxygen atoms in total. The fraction of sp³-hybridized carbons (Fsp3) is 0.400. The van der Waals surface area contributed by atoms with Crippen LogP contribution in [0.4, 0.5) is 0 Å². The number of methoxy groups -OCH3 is 1. The van der Waals surface area contributed by atoms with Crippen LogP contribution in [0.25, 0.3) is 0 Å². The van der Waals surface area contributed by atoms with Gasteiger partial charge in [0.1, 0.15) is 18.1 Å². The Morgan fingerprint density at radius 3 is 3.05 bits per heavy atom. The summed E-state index contributed by atoms with van der Waals surface area (Å²) in [5.74, 6) is 1.77. The monoisotopic (exact) mass is 341 g/mol. The fourth-order valence-electron chi connectivity index (χ4n) is 2.80. The van der Waals surface area contributed by atoms with E-state index in [2.05, 4.69) is 9.55 Å². The summed E-state index contributed by atoms with van der Waals surface area (Å²) >= 11 is 5.40. The topological polar surface area (TPSA) is 65.2 Å². The van der Waals surface area contributed by atoms with Crippen molar-refractivity contribution < 1.29 is 9.47 Å². The number of hydrogen-bond donors (Lipinski definition) is 2. The molecule has 0 fully saturated rings. The minimum Gasteiger partial charge on any atom is -0.497 e. The Morgan fingerprint density at radius 2 is 2.32 bits per heavy atom. The number of hydrogen-bond acceptors (Lipinski definition) is 4. The average molecular weight is 342 g/mol. The summed E-state index contributed by atoms with van der Waals surface area (Å²) in [4.78, 5) is 3.11. The van der Waals surface area contributed by atoms with Gasteiger partial charge >= 0.3 is 0 Å². The van der Waals surface area contributed by atoms with Crippen molar-refractivity contribution in [3.8, 4) is 11.5 Å². The van der Waals surface area contributed by atoms with E-state index in [0.717, 1.165) is 40.4 Å². The molecule has 0 spiro atoms. The molecule has 2 aromatic rings. The number of halogens is 1. The number of aromatic nitrogens is 2. The number of nitrogens with zero attached hydrogens (tertiary/aromatic N) is 1. The highest BCUT2D eigenvalue weighted by Gasteiger charge is 2.24. The molecule has 0 amide bonds. The van der Waals surface area contributed by atoms with Crippen molar-refractivity contribution in [1.82, 2.24) is 9.55 Å². The molecule has 1 aliphatic rings. The maximum atomic E-state index is 5.88. The molecule has 1 atom stereocenters. The molecule has 1 unspecified atom stereocenters. The van der Waals surface area contributed by atoms with Gasteiger partial charge in [0.2, 0.25) is 0 Å². The Labute approximate surface area is 140 Å². The van der Waals surface area contributed by atoms with E-state index in [0.29, 0.717) is 13.2 Å². The van der Waals surface area contributed by atoms with E-state index < -0.39 is 0 Å². The maximum absolute atomic E-state index is 5.88. The van der Waals surface area contributed by atoms with Crippen molar-refractivity contribution in [1.29, 1.82) is 0 Å². The largest absolute Gasteiger partial charge is 0.497 e. The normalized spacial score (nSPS) is 16.4. The molecule has 1 aromatic carbocycles. The molecule has 3 rings (SSSR count). The number of nitrogens with one attached hydrogen (secondary N) is 1. The van der Waals surface area contributed by atoms with Gasteiger partial charge in [0.15, 0.2) is 4.77 Å². The predicted molar refractivity (Wildman–Crippen MR) is 90.9 cm³/mol. The van der Waals surface area contributed by atoms with Crippen molar-refractivity contribution in [3.05, 3.63) is 40.4 Å². The van der Waals surface area contributed by atoms with Gasteiger partial charge in [-0.15, -0.1) is 12.4 Å². The summed E-state index contributed by atoms with van der Waals surface area (Å²) in [6.07, 6.45) is 3.61. The zero-order valence-corrected chi connectivity index (χ0v) is 14.0. The molecule has 2 heterocycles. The maximum Gasteiger partial charge on any atom is 0.177 e. The highest BCUT2D eigenvalue weighted by Crippen LogP contribution is 2.33. The van der Waals surface area contributed by atoms with Gasteiger partial charge in [-0.1, -0.05) is 0 Å². The Bertz CT molecular complexity index is 698. The van der Waals surface area contributed by atoms with E-state index in [1.54, 1.807) is 7.11 Å². The van der Waals surface area contributed by atoms with E-state index in [1.165, 1.54) is 0 Å². The van der Waals surface area contributed by atoms with E-state index >= 15 is 0 Å². The van der Waals surface area contributed by atoms with Crippen LogP contribution in [-0.4, -0.2) is 29.8 Å². The number of nitrogens with two attached hydrogens (primary N) is 1. The van der Waals surface area contributed by atoms with Crippen LogP contribution in [0.3, 0.4) is 0 Å². The van der Waals surface area contributed by atoms with Gasteiger partial charge in [-0.3, -0.25) is 0 Å². The van der Waals surface area contributed by atoms with E-state index in [4.69, 9.17) is 27.4 Å². The third kappa shape index (κ3) is 3.14. The molecule has 3 N–H and O–H groups in total. The Balaban J connectivity index is 0.00000176. The van der Waals surface area contributed by atoms with Gasteiger partial charge in [-0.05, 0) is 42.5 Å². The molecule has 0 aliphatic carbocycles. The van der Waals surface area contributed by atoms with Crippen LogP contribution < -0.4 is 15.2 Å². The molecule has 0 saturated heterocycles. The highest BCUT2D eigenvalue weighted by atomic mass is 35.5. The van der Waals surface area contributed by atoms with E-state index in [1.807, 2.05) is 24.4 Å². The second-order valence-electron chi connectivity index (χ2n) is 5.14. The molecular formula is C15H20ClN3O2S. The highest BCUT2D eigenvalue weighted by molar-refractivity contribution is 7.71. The van der Waals surface area contributed by atoms with Crippen LogP contribution >= 0.6 is 24.6 Å². The smallest absolute Gasteiger partial charge is 0.177 e. The SMILES string of the molecule is COc1ccc2c(c1)CC(n1c(CCN)c[nH]c1=S)CO2.Cl. The van der Waals surface area contributed by atoms with E-state index in [9.17, 15) is 0 Å². The molecule has 22 heavy (non-hydrogen) atoms. The van der Waals surface area contributed by atoms with Crippen molar-refractivity contribution >= 4 is 24.6 Å². The minimum atomic E-state index is 0. The zero-order valence-electron chi connectivity index (χ0n) is 12.4. The third-order valence-electron chi connectivity index (χ3n) is 3.81. The number of rotatable bonds is 4. The van der Waals surface area contributed by atoms with Gasteiger partial charge in [0.05, 0.1) is 13.2 Å². The van der Waals surface area contributed by atoms with Crippen molar-refractivity contribution in [3.63, 3.8) is 0 Å². The second kappa shape index (κ2) is 7.17. The quantitative estimate of drug-likeness (QED) is 0.839.